The summed E-state index contributed by atoms with van der Waals surface area (Å²) in [6.45, 7) is 1.84. The van der Waals surface area contributed by atoms with Crippen LogP contribution in [0.2, 0.25) is 0 Å². The first-order valence-electron chi connectivity index (χ1n) is 6.99. The van der Waals surface area contributed by atoms with Gasteiger partial charge in [-0.2, -0.15) is 0 Å². The van der Waals surface area contributed by atoms with Gasteiger partial charge in [0.15, 0.2) is 0 Å². The molecule has 2 bridgehead atoms. The highest BCUT2D eigenvalue weighted by atomic mass is 16.4. The van der Waals surface area contributed by atoms with Crippen molar-refractivity contribution in [2.75, 3.05) is 5.32 Å². The maximum atomic E-state index is 12.4. The Labute approximate surface area is 122 Å². The van der Waals surface area contributed by atoms with Crippen LogP contribution < -0.4 is 5.32 Å². The third-order valence-corrected chi connectivity index (χ3v) is 4.46. The van der Waals surface area contributed by atoms with Gasteiger partial charge in [-0.3, -0.25) is 9.59 Å². The third kappa shape index (κ3) is 2.28. The molecule has 1 aromatic rings. The molecule has 4 atom stereocenters. The van der Waals surface area contributed by atoms with E-state index in [0.29, 0.717) is 5.69 Å². The first kappa shape index (κ1) is 13.7. The number of anilines is 1. The minimum absolute atomic E-state index is 0.00563. The molecule has 1 saturated carbocycles. The summed E-state index contributed by atoms with van der Waals surface area (Å²) in [5.41, 5.74) is 1.21. The Morgan fingerprint density at radius 2 is 1.86 bits per heavy atom. The van der Waals surface area contributed by atoms with Gasteiger partial charge in [0.2, 0.25) is 5.91 Å². The van der Waals surface area contributed by atoms with Crippen molar-refractivity contribution in [1.82, 2.24) is 0 Å². The smallest absolute Gasteiger partial charge is 0.307 e. The second-order valence-corrected chi connectivity index (χ2v) is 5.85. The monoisotopic (exact) mass is 287 g/mol. The number of hydrogen-bond acceptors (Lipinski definition) is 3. The van der Waals surface area contributed by atoms with Gasteiger partial charge in [0.25, 0.3) is 0 Å². The molecule has 1 amide bonds. The zero-order chi connectivity index (χ0) is 15.1. The zero-order valence-corrected chi connectivity index (χ0v) is 11.6. The molecule has 0 aliphatic heterocycles. The van der Waals surface area contributed by atoms with E-state index in [1.807, 2.05) is 19.1 Å². The molecule has 4 unspecified atom stereocenters. The normalized spacial score (nSPS) is 29.6. The summed E-state index contributed by atoms with van der Waals surface area (Å²) in [6.07, 6.45) is 4.55. The van der Waals surface area contributed by atoms with Crippen molar-refractivity contribution in [2.45, 2.75) is 13.3 Å². The summed E-state index contributed by atoms with van der Waals surface area (Å²) < 4.78 is 0. The van der Waals surface area contributed by atoms with Crippen molar-refractivity contribution < 1.29 is 19.8 Å². The molecule has 0 spiro atoms. The van der Waals surface area contributed by atoms with E-state index in [2.05, 4.69) is 5.32 Å². The summed E-state index contributed by atoms with van der Waals surface area (Å²) in [6, 6.07) is 4.97. The Morgan fingerprint density at radius 3 is 2.48 bits per heavy atom. The highest BCUT2D eigenvalue weighted by molar-refractivity contribution is 5.97. The van der Waals surface area contributed by atoms with Gasteiger partial charge >= 0.3 is 5.97 Å². The largest absolute Gasteiger partial charge is 0.506 e. The number of carbonyl (C=O) groups is 2. The first-order valence-corrected chi connectivity index (χ1v) is 6.99. The molecule has 5 nitrogen and oxygen atoms in total. The fourth-order valence-corrected chi connectivity index (χ4v) is 3.48. The molecule has 3 rings (SSSR count). The minimum Gasteiger partial charge on any atom is -0.506 e. The lowest BCUT2D eigenvalue weighted by atomic mass is 9.82. The third-order valence-electron chi connectivity index (χ3n) is 4.46. The quantitative estimate of drug-likeness (QED) is 0.587. The lowest BCUT2D eigenvalue weighted by molar-refractivity contribution is -0.146. The lowest BCUT2D eigenvalue weighted by Gasteiger charge is -2.24. The van der Waals surface area contributed by atoms with Crippen molar-refractivity contribution in [1.29, 1.82) is 0 Å². The highest BCUT2D eigenvalue weighted by Gasteiger charge is 2.51. The van der Waals surface area contributed by atoms with Gasteiger partial charge in [0.1, 0.15) is 5.75 Å². The molecule has 0 aromatic heterocycles. The summed E-state index contributed by atoms with van der Waals surface area (Å²) >= 11 is 0. The van der Waals surface area contributed by atoms with Crippen molar-refractivity contribution >= 4 is 17.6 Å². The fraction of sp³-hybridized carbons (Fsp3) is 0.375. The summed E-state index contributed by atoms with van der Waals surface area (Å²) in [5, 5.41) is 21.9. The van der Waals surface area contributed by atoms with Gasteiger partial charge in [-0.05, 0) is 42.9 Å². The molecule has 2 aliphatic rings. The second kappa shape index (κ2) is 4.91. The minimum atomic E-state index is -0.930. The van der Waals surface area contributed by atoms with Crippen LogP contribution in [0.5, 0.6) is 5.75 Å². The van der Waals surface area contributed by atoms with Gasteiger partial charge in [-0.25, -0.2) is 0 Å². The average Bonchev–Trinajstić information content (AvgIpc) is 3.02. The number of carbonyl (C=O) groups excluding carboxylic acids is 1. The first-order chi connectivity index (χ1) is 9.97. The predicted octanol–water partition coefficient (Wildman–Crippen LogP) is 2.16. The SMILES string of the molecule is Cc1ccc(NC(=O)C2C3C=CC(C3)C2C(=O)O)c(O)c1. The number of nitrogens with one attached hydrogen (secondary N) is 1. The van der Waals surface area contributed by atoms with E-state index < -0.39 is 17.8 Å². The van der Waals surface area contributed by atoms with E-state index in [1.54, 1.807) is 18.2 Å². The Hall–Kier alpha value is -2.30. The zero-order valence-electron chi connectivity index (χ0n) is 11.6. The molecular formula is C16H17NO4. The highest BCUT2D eigenvalue weighted by Crippen LogP contribution is 2.48. The number of aryl methyl sites for hydroxylation is 1. The number of amides is 1. The maximum Gasteiger partial charge on any atom is 0.307 e. The summed E-state index contributed by atoms with van der Waals surface area (Å²) in [7, 11) is 0. The molecule has 5 heteroatoms. The van der Waals surface area contributed by atoms with Crippen LogP contribution in [-0.4, -0.2) is 22.1 Å². The number of aromatic hydroxyl groups is 1. The predicted molar refractivity (Wildman–Crippen MR) is 76.8 cm³/mol. The molecule has 1 aromatic carbocycles. The van der Waals surface area contributed by atoms with Crippen LogP contribution in [0.3, 0.4) is 0 Å². The van der Waals surface area contributed by atoms with Gasteiger partial charge in [0.05, 0.1) is 17.5 Å². The Kier molecular flexibility index (Phi) is 3.20. The maximum absolute atomic E-state index is 12.4. The molecule has 0 heterocycles. The standard InChI is InChI=1S/C16H17NO4/c1-8-2-5-11(12(18)6-8)17-15(19)13-9-3-4-10(7-9)14(13)16(20)21/h2-6,9-10,13-14,18H,7H2,1H3,(H,17,19)(H,20,21). The van der Waals surface area contributed by atoms with E-state index in [1.165, 1.54) is 0 Å². The molecule has 3 N–H and O–H groups in total. The van der Waals surface area contributed by atoms with Gasteiger partial charge in [0, 0.05) is 0 Å². The molecule has 1 fully saturated rings. The number of rotatable bonds is 3. The lowest BCUT2D eigenvalue weighted by Crippen LogP contribution is -2.36. The number of allylic oxidation sites excluding steroid dienone is 2. The van der Waals surface area contributed by atoms with E-state index >= 15 is 0 Å². The van der Waals surface area contributed by atoms with Crippen LogP contribution in [0, 0.1) is 30.6 Å². The van der Waals surface area contributed by atoms with Crippen LogP contribution in [0.15, 0.2) is 30.4 Å². The van der Waals surface area contributed by atoms with Gasteiger partial charge in [-0.1, -0.05) is 18.2 Å². The van der Waals surface area contributed by atoms with Crippen LogP contribution in [0.4, 0.5) is 5.69 Å². The average molecular weight is 287 g/mol. The molecule has 21 heavy (non-hydrogen) atoms. The number of hydrogen-bond donors (Lipinski definition) is 3. The van der Waals surface area contributed by atoms with E-state index in [9.17, 15) is 19.8 Å². The molecule has 0 radical (unpaired) electrons. The number of carboxylic acid groups (broad SMARTS) is 1. The van der Waals surface area contributed by atoms with Crippen molar-refractivity contribution in [3.8, 4) is 5.75 Å². The summed E-state index contributed by atoms with van der Waals surface area (Å²) in [4.78, 5) is 23.8. The van der Waals surface area contributed by atoms with Crippen LogP contribution >= 0.6 is 0 Å². The molecule has 2 aliphatic carbocycles. The van der Waals surface area contributed by atoms with Crippen LogP contribution in [0.25, 0.3) is 0 Å². The number of phenolic OH excluding ortho intramolecular Hbond substituents is 1. The topological polar surface area (TPSA) is 86.6 Å². The van der Waals surface area contributed by atoms with E-state index in [4.69, 9.17) is 0 Å². The second-order valence-electron chi connectivity index (χ2n) is 5.85. The molecule has 0 saturated heterocycles. The Morgan fingerprint density at radius 1 is 1.19 bits per heavy atom. The van der Waals surface area contributed by atoms with Crippen LogP contribution in [-0.2, 0) is 9.59 Å². The molecular weight excluding hydrogens is 270 g/mol. The number of aliphatic carboxylic acids is 1. The van der Waals surface area contributed by atoms with E-state index in [0.717, 1.165) is 12.0 Å². The van der Waals surface area contributed by atoms with Crippen molar-refractivity contribution in [3.05, 3.63) is 35.9 Å². The number of carboxylic acids is 1. The Bertz CT molecular complexity index is 637. The van der Waals surface area contributed by atoms with Crippen LogP contribution in [0.1, 0.15) is 12.0 Å². The van der Waals surface area contributed by atoms with Crippen molar-refractivity contribution in [3.63, 3.8) is 0 Å². The fourth-order valence-electron chi connectivity index (χ4n) is 3.48. The van der Waals surface area contributed by atoms with Gasteiger partial charge in [-0.15, -0.1) is 0 Å². The van der Waals surface area contributed by atoms with Gasteiger partial charge < -0.3 is 15.5 Å². The number of benzene rings is 1. The molecule has 110 valence electrons. The van der Waals surface area contributed by atoms with Crippen molar-refractivity contribution in [2.24, 2.45) is 23.7 Å². The van der Waals surface area contributed by atoms with E-state index in [-0.39, 0.29) is 23.5 Å². The summed E-state index contributed by atoms with van der Waals surface area (Å²) in [5.74, 6) is -2.60. The number of fused-ring (bicyclic) bond motifs is 2. The number of phenols is 1. The Balaban J connectivity index is 1.82.